The second-order valence-electron chi connectivity index (χ2n) is 4.07. The van der Waals surface area contributed by atoms with Crippen LogP contribution in [0.3, 0.4) is 0 Å². The predicted molar refractivity (Wildman–Crippen MR) is 70.2 cm³/mol. The Bertz CT molecular complexity index is 302. The maximum absolute atomic E-state index is 5.63. The maximum atomic E-state index is 5.63. The normalized spacial score (nSPS) is 10.5. The van der Waals surface area contributed by atoms with Crippen LogP contribution in [0.25, 0.3) is 0 Å². The average molecular weight is 237 g/mol. The fraction of sp³-hybridized carbons (Fsp3) is 0.571. The topological polar surface area (TPSA) is 44.5 Å². The van der Waals surface area contributed by atoms with Gasteiger partial charge in [0, 0.05) is 12.2 Å². The molecular formula is C14H23NO2. The molecule has 0 heterocycles. The lowest BCUT2D eigenvalue weighted by Crippen LogP contribution is -2.00. The van der Waals surface area contributed by atoms with Crippen molar-refractivity contribution in [2.45, 2.75) is 32.3 Å². The van der Waals surface area contributed by atoms with E-state index in [1.54, 1.807) is 7.11 Å². The molecule has 0 spiro atoms. The van der Waals surface area contributed by atoms with Gasteiger partial charge in [-0.05, 0) is 25.5 Å². The van der Waals surface area contributed by atoms with E-state index >= 15 is 0 Å². The van der Waals surface area contributed by atoms with Crippen LogP contribution in [0.1, 0.15) is 31.2 Å². The van der Waals surface area contributed by atoms with Gasteiger partial charge in [-0.1, -0.05) is 31.0 Å². The van der Waals surface area contributed by atoms with E-state index in [2.05, 4.69) is 0 Å². The molecular weight excluding hydrogens is 214 g/mol. The molecule has 1 rings (SSSR count). The van der Waals surface area contributed by atoms with Gasteiger partial charge in [0.15, 0.2) is 0 Å². The molecule has 2 N–H and O–H groups in total. The van der Waals surface area contributed by atoms with Gasteiger partial charge in [-0.15, -0.1) is 0 Å². The highest BCUT2D eigenvalue weighted by Crippen LogP contribution is 2.18. The number of hydrogen-bond donors (Lipinski definition) is 1. The molecule has 0 unspecified atom stereocenters. The first-order valence-corrected chi connectivity index (χ1v) is 6.28. The van der Waals surface area contributed by atoms with Crippen molar-refractivity contribution in [3.05, 3.63) is 29.8 Å². The number of methoxy groups -OCH3 is 1. The van der Waals surface area contributed by atoms with E-state index in [1.807, 2.05) is 24.3 Å². The van der Waals surface area contributed by atoms with Crippen molar-refractivity contribution in [3.8, 4) is 5.75 Å². The monoisotopic (exact) mass is 237 g/mol. The minimum atomic E-state index is 0.626. The molecule has 0 atom stereocenters. The number of para-hydroxylation sites is 1. The minimum absolute atomic E-state index is 0.626. The lowest BCUT2D eigenvalue weighted by Gasteiger charge is -2.08. The average Bonchev–Trinajstić information content (AvgIpc) is 2.38. The number of nitrogens with two attached hydrogens (primary N) is 1. The lowest BCUT2D eigenvalue weighted by atomic mass is 10.2. The fourth-order valence-electron chi connectivity index (χ4n) is 1.71. The van der Waals surface area contributed by atoms with Gasteiger partial charge < -0.3 is 15.2 Å². The summed E-state index contributed by atoms with van der Waals surface area (Å²) in [6.45, 7) is 2.23. The lowest BCUT2D eigenvalue weighted by molar-refractivity contribution is 0.115. The Balaban J connectivity index is 2.13. The number of ether oxygens (including phenoxy) is 2. The molecule has 17 heavy (non-hydrogen) atoms. The van der Waals surface area contributed by atoms with Crippen molar-refractivity contribution < 1.29 is 9.47 Å². The molecule has 0 aliphatic rings. The molecule has 0 amide bonds. The first-order valence-electron chi connectivity index (χ1n) is 6.28. The van der Waals surface area contributed by atoms with Crippen molar-refractivity contribution in [3.63, 3.8) is 0 Å². The summed E-state index contributed by atoms with van der Waals surface area (Å²) in [6, 6.07) is 7.96. The van der Waals surface area contributed by atoms with Crippen LogP contribution in [0.4, 0.5) is 0 Å². The molecule has 0 saturated carbocycles. The predicted octanol–water partition coefficient (Wildman–Crippen LogP) is 2.73. The Kier molecular flexibility index (Phi) is 7.43. The molecule has 0 aliphatic carbocycles. The SMILES string of the molecule is COc1ccccc1COCCCCCCN. The highest BCUT2D eigenvalue weighted by molar-refractivity contribution is 5.32. The van der Waals surface area contributed by atoms with Gasteiger partial charge in [0.05, 0.1) is 13.7 Å². The summed E-state index contributed by atoms with van der Waals surface area (Å²) in [5.41, 5.74) is 6.54. The Morgan fingerprint density at radius 1 is 1.06 bits per heavy atom. The van der Waals surface area contributed by atoms with Crippen LogP contribution >= 0.6 is 0 Å². The van der Waals surface area contributed by atoms with Gasteiger partial charge in [0.2, 0.25) is 0 Å². The van der Waals surface area contributed by atoms with E-state index in [9.17, 15) is 0 Å². The third-order valence-electron chi connectivity index (χ3n) is 2.69. The number of benzene rings is 1. The van der Waals surface area contributed by atoms with Crippen LogP contribution in [-0.4, -0.2) is 20.3 Å². The Morgan fingerprint density at radius 2 is 1.82 bits per heavy atom. The van der Waals surface area contributed by atoms with E-state index < -0.39 is 0 Å². The first kappa shape index (κ1) is 14.0. The van der Waals surface area contributed by atoms with Crippen molar-refractivity contribution in [1.82, 2.24) is 0 Å². The molecule has 96 valence electrons. The van der Waals surface area contributed by atoms with Crippen LogP contribution in [-0.2, 0) is 11.3 Å². The van der Waals surface area contributed by atoms with E-state index in [0.717, 1.165) is 37.3 Å². The molecule has 3 heteroatoms. The molecule has 1 aromatic rings. The highest BCUT2D eigenvalue weighted by Gasteiger charge is 2.00. The Labute approximate surface area is 104 Å². The Hall–Kier alpha value is -1.06. The van der Waals surface area contributed by atoms with Crippen molar-refractivity contribution >= 4 is 0 Å². The largest absolute Gasteiger partial charge is 0.496 e. The Morgan fingerprint density at radius 3 is 2.59 bits per heavy atom. The smallest absolute Gasteiger partial charge is 0.124 e. The second kappa shape index (κ2) is 9.02. The molecule has 0 bridgehead atoms. The van der Waals surface area contributed by atoms with Crippen molar-refractivity contribution in [2.24, 2.45) is 5.73 Å². The van der Waals surface area contributed by atoms with Gasteiger partial charge in [-0.3, -0.25) is 0 Å². The second-order valence-corrected chi connectivity index (χ2v) is 4.07. The zero-order valence-corrected chi connectivity index (χ0v) is 10.7. The van der Waals surface area contributed by atoms with Crippen molar-refractivity contribution in [1.29, 1.82) is 0 Å². The van der Waals surface area contributed by atoms with Crippen LogP contribution in [0.15, 0.2) is 24.3 Å². The molecule has 3 nitrogen and oxygen atoms in total. The molecule has 0 aliphatic heterocycles. The maximum Gasteiger partial charge on any atom is 0.124 e. The van der Waals surface area contributed by atoms with E-state index in [1.165, 1.54) is 12.8 Å². The summed E-state index contributed by atoms with van der Waals surface area (Å²) < 4.78 is 10.9. The van der Waals surface area contributed by atoms with E-state index in [4.69, 9.17) is 15.2 Å². The number of hydrogen-bond acceptors (Lipinski definition) is 3. The third kappa shape index (κ3) is 5.71. The molecule has 0 fully saturated rings. The van der Waals surface area contributed by atoms with Gasteiger partial charge in [0.25, 0.3) is 0 Å². The summed E-state index contributed by atoms with van der Waals surface area (Å²) >= 11 is 0. The minimum Gasteiger partial charge on any atom is -0.496 e. The van der Waals surface area contributed by atoms with Crippen LogP contribution < -0.4 is 10.5 Å². The van der Waals surface area contributed by atoms with Crippen LogP contribution in [0, 0.1) is 0 Å². The standard InChI is InChI=1S/C14H23NO2/c1-16-14-9-5-4-8-13(14)12-17-11-7-3-2-6-10-15/h4-5,8-9H,2-3,6-7,10-12,15H2,1H3. The van der Waals surface area contributed by atoms with Gasteiger partial charge in [-0.2, -0.15) is 0 Å². The van der Waals surface area contributed by atoms with Crippen LogP contribution in [0.5, 0.6) is 5.75 Å². The van der Waals surface area contributed by atoms with Gasteiger partial charge >= 0.3 is 0 Å². The summed E-state index contributed by atoms with van der Waals surface area (Å²) in [4.78, 5) is 0. The quantitative estimate of drug-likeness (QED) is 0.672. The fourth-order valence-corrected chi connectivity index (χ4v) is 1.71. The summed E-state index contributed by atoms with van der Waals surface area (Å²) in [7, 11) is 1.69. The van der Waals surface area contributed by atoms with Crippen LogP contribution in [0.2, 0.25) is 0 Å². The highest BCUT2D eigenvalue weighted by atomic mass is 16.5. The zero-order valence-electron chi connectivity index (χ0n) is 10.7. The molecule has 0 radical (unpaired) electrons. The van der Waals surface area contributed by atoms with E-state index in [0.29, 0.717) is 6.61 Å². The summed E-state index contributed by atoms with van der Waals surface area (Å²) in [5, 5.41) is 0. The number of rotatable bonds is 9. The van der Waals surface area contributed by atoms with Gasteiger partial charge in [0.1, 0.15) is 5.75 Å². The third-order valence-corrected chi connectivity index (χ3v) is 2.69. The molecule has 1 aromatic carbocycles. The number of unbranched alkanes of at least 4 members (excludes halogenated alkanes) is 3. The molecule has 0 saturated heterocycles. The van der Waals surface area contributed by atoms with Gasteiger partial charge in [-0.25, -0.2) is 0 Å². The summed E-state index contributed by atoms with van der Waals surface area (Å²) in [5.74, 6) is 0.899. The molecule has 0 aromatic heterocycles. The first-order chi connectivity index (χ1) is 8.38. The summed E-state index contributed by atoms with van der Waals surface area (Å²) in [6.07, 6.45) is 4.62. The zero-order chi connectivity index (χ0) is 12.3. The van der Waals surface area contributed by atoms with Crippen molar-refractivity contribution in [2.75, 3.05) is 20.3 Å². The van der Waals surface area contributed by atoms with E-state index in [-0.39, 0.29) is 0 Å².